The van der Waals surface area contributed by atoms with Gasteiger partial charge in [0.1, 0.15) is 0 Å². The Morgan fingerprint density at radius 1 is 1.80 bits per heavy atom. The van der Waals surface area contributed by atoms with Crippen molar-refractivity contribution >= 4 is 7.05 Å². The smallest absolute Gasteiger partial charge is 0.377 e. The van der Waals surface area contributed by atoms with Crippen molar-refractivity contribution in [3.8, 4) is 6.07 Å². The fraction of sp³-hybridized carbons (Fsp3) is 0.833. The summed E-state index contributed by atoms with van der Waals surface area (Å²) in [5.41, 5.74) is 0. The van der Waals surface area contributed by atoms with Gasteiger partial charge in [0.2, 0.25) is 0 Å². The molecule has 10 heavy (non-hydrogen) atoms. The van der Waals surface area contributed by atoms with Gasteiger partial charge in [-0.15, -0.1) is 0 Å². The van der Waals surface area contributed by atoms with E-state index in [4.69, 9.17) is 10.3 Å². The van der Waals surface area contributed by atoms with Crippen LogP contribution in [0.4, 0.5) is 0 Å². The molecule has 1 aliphatic heterocycles. The van der Waals surface area contributed by atoms with E-state index < -0.39 is 7.05 Å². The molecule has 0 saturated carbocycles. The van der Waals surface area contributed by atoms with Gasteiger partial charge >= 0.3 is 7.05 Å². The molecule has 1 aliphatic rings. The maximum Gasteiger partial charge on any atom is 0.377 e. The third-order valence-electron chi connectivity index (χ3n) is 1.92. The molecule has 3 nitrogen and oxygen atoms in total. The van der Waals surface area contributed by atoms with E-state index in [2.05, 4.69) is 6.07 Å². The van der Waals surface area contributed by atoms with Crippen molar-refractivity contribution in [3.63, 3.8) is 0 Å². The van der Waals surface area contributed by atoms with Crippen molar-refractivity contribution in [3.05, 3.63) is 0 Å². The molecule has 1 unspecified atom stereocenters. The Morgan fingerprint density at radius 2 is 2.50 bits per heavy atom. The van der Waals surface area contributed by atoms with E-state index >= 15 is 0 Å². The lowest BCUT2D eigenvalue weighted by Crippen LogP contribution is -2.39. The first-order valence-corrected chi connectivity index (χ1v) is 3.59. The van der Waals surface area contributed by atoms with Gasteiger partial charge in [0.25, 0.3) is 0 Å². The molecule has 0 spiro atoms. The number of rotatable bonds is 1. The number of hydrogen-bond donors (Lipinski definition) is 1. The SMILES string of the molecule is CB(O)N1CCCC1C#N. The van der Waals surface area contributed by atoms with Crippen LogP contribution in [-0.4, -0.2) is 29.5 Å². The molecule has 1 fully saturated rings. The summed E-state index contributed by atoms with van der Waals surface area (Å²) in [6.07, 6.45) is 1.94. The second kappa shape index (κ2) is 3.04. The molecule has 0 aliphatic carbocycles. The Balaban J connectivity index is 2.52. The molecule has 1 N–H and O–H groups in total. The lowest BCUT2D eigenvalue weighted by Gasteiger charge is -2.18. The van der Waals surface area contributed by atoms with Crippen LogP contribution >= 0.6 is 0 Å². The average Bonchev–Trinajstić information content (AvgIpc) is 2.33. The zero-order chi connectivity index (χ0) is 7.56. The monoisotopic (exact) mass is 138 g/mol. The third-order valence-corrected chi connectivity index (χ3v) is 1.92. The van der Waals surface area contributed by atoms with Gasteiger partial charge in [-0.25, -0.2) is 0 Å². The molecule has 1 heterocycles. The Bertz CT molecular complexity index is 154. The van der Waals surface area contributed by atoms with Gasteiger partial charge in [-0.2, -0.15) is 5.26 Å². The van der Waals surface area contributed by atoms with Crippen LogP contribution in [0, 0.1) is 11.3 Å². The van der Waals surface area contributed by atoms with Crippen molar-refractivity contribution in [1.29, 1.82) is 5.26 Å². The van der Waals surface area contributed by atoms with E-state index in [9.17, 15) is 0 Å². The van der Waals surface area contributed by atoms with E-state index in [0.29, 0.717) is 0 Å². The Hall–Kier alpha value is -0.525. The van der Waals surface area contributed by atoms with Crippen molar-refractivity contribution in [1.82, 2.24) is 4.81 Å². The molecule has 1 saturated heterocycles. The molecule has 0 aromatic carbocycles. The maximum atomic E-state index is 9.13. The average molecular weight is 138 g/mol. The van der Waals surface area contributed by atoms with Gasteiger partial charge in [0.15, 0.2) is 0 Å². The third kappa shape index (κ3) is 1.31. The Labute approximate surface area is 61.4 Å². The highest BCUT2D eigenvalue weighted by atomic mass is 16.2. The minimum Gasteiger partial charge on any atom is -0.437 e. The van der Waals surface area contributed by atoms with Crippen LogP contribution in [0.25, 0.3) is 0 Å². The summed E-state index contributed by atoms with van der Waals surface area (Å²) in [4.78, 5) is 1.82. The number of nitriles is 1. The van der Waals surface area contributed by atoms with Crippen molar-refractivity contribution in [2.45, 2.75) is 25.7 Å². The van der Waals surface area contributed by atoms with Gasteiger partial charge in [0.05, 0.1) is 12.1 Å². The molecule has 0 aromatic rings. The minimum atomic E-state index is -0.466. The lowest BCUT2D eigenvalue weighted by atomic mass is 9.84. The predicted molar refractivity (Wildman–Crippen MR) is 39.2 cm³/mol. The van der Waals surface area contributed by atoms with Crippen LogP contribution in [0.15, 0.2) is 0 Å². The molecule has 54 valence electrons. The van der Waals surface area contributed by atoms with Gasteiger partial charge < -0.3 is 9.83 Å². The summed E-state index contributed by atoms with van der Waals surface area (Å²) >= 11 is 0. The highest BCUT2D eigenvalue weighted by molar-refractivity contribution is 6.45. The maximum absolute atomic E-state index is 9.13. The molecule has 0 radical (unpaired) electrons. The molecule has 1 atom stereocenters. The Kier molecular flexibility index (Phi) is 2.31. The van der Waals surface area contributed by atoms with Crippen molar-refractivity contribution in [2.24, 2.45) is 0 Å². The van der Waals surface area contributed by atoms with Gasteiger partial charge in [-0.1, -0.05) is 0 Å². The van der Waals surface area contributed by atoms with E-state index in [-0.39, 0.29) is 6.04 Å². The van der Waals surface area contributed by atoms with Gasteiger partial charge in [0, 0.05) is 0 Å². The normalized spacial score (nSPS) is 26.3. The summed E-state index contributed by atoms with van der Waals surface area (Å²) < 4.78 is 0. The zero-order valence-corrected chi connectivity index (χ0v) is 6.12. The molecular formula is C6H11BN2O. The highest BCUT2D eigenvalue weighted by Gasteiger charge is 2.29. The second-order valence-corrected chi connectivity index (χ2v) is 2.66. The van der Waals surface area contributed by atoms with E-state index in [1.54, 1.807) is 6.82 Å². The molecule has 4 heteroatoms. The summed E-state index contributed by atoms with van der Waals surface area (Å²) in [7, 11) is -0.466. The van der Waals surface area contributed by atoms with Gasteiger partial charge in [-0.3, -0.25) is 0 Å². The lowest BCUT2D eigenvalue weighted by molar-refractivity contribution is 0.387. The second-order valence-electron chi connectivity index (χ2n) is 2.66. The largest absolute Gasteiger partial charge is 0.437 e. The molecule has 0 aromatic heterocycles. The first-order valence-electron chi connectivity index (χ1n) is 3.59. The molecule has 1 rings (SSSR count). The summed E-state index contributed by atoms with van der Waals surface area (Å²) in [5, 5.41) is 17.7. The van der Waals surface area contributed by atoms with Crippen LogP contribution in [0.3, 0.4) is 0 Å². The predicted octanol–water partition coefficient (Wildman–Crippen LogP) is 0.0847. The number of hydrogen-bond acceptors (Lipinski definition) is 3. The first-order chi connectivity index (χ1) is 4.75. The fourth-order valence-corrected chi connectivity index (χ4v) is 1.37. The van der Waals surface area contributed by atoms with Crippen LogP contribution in [0.1, 0.15) is 12.8 Å². The van der Waals surface area contributed by atoms with Crippen LogP contribution < -0.4 is 0 Å². The molecule has 0 bridgehead atoms. The Morgan fingerprint density at radius 3 is 2.90 bits per heavy atom. The van der Waals surface area contributed by atoms with Crippen LogP contribution in [0.2, 0.25) is 6.82 Å². The number of nitrogens with zero attached hydrogens (tertiary/aromatic N) is 2. The summed E-state index contributed by atoms with van der Waals surface area (Å²) in [5.74, 6) is 0. The summed E-state index contributed by atoms with van der Waals surface area (Å²) in [6.45, 7) is 2.56. The summed E-state index contributed by atoms with van der Waals surface area (Å²) in [6, 6.07) is 2.11. The quantitative estimate of drug-likeness (QED) is 0.522. The standard InChI is InChI=1S/C6H11BN2O/c1-7(10)9-4-2-3-6(9)5-8/h6,10H,2-4H2,1H3. The fourth-order valence-electron chi connectivity index (χ4n) is 1.37. The first kappa shape index (κ1) is 7.58. The van der Waals surface area contributed by atoms with Crippen molar-refractivity contribution < 1.29 is 5.02 Å². The molecule has 0 amide bonds. The van der Waals surface area contributed by atoms with Gasteiger partial charge in [-0.05, 0) is 26.2 Å². The minimum absolute atomic E-state index is 0.0556. The van der Waals surface area contributed by atoms with Crippen LogP contribution in [0.5, 0.6) is 0 Å². The highest BCUT2D eigenvalue weighted by Crippen LogP contribution is 2.16. The van der Waals surface area contributed by atoms with Crippen LogP contribution in [-0.2, 0) is 0 Å². The molecular weight excluding hydrogens is 127 g/mol. The van der Waals surface area contributed by atoms with Crippen molar-refractivity contribution in [2.75, 3.05) is 6.54 Å². The van der Waals surface area contributed by atoms with E-state index in [1.165, 1.54) is 0 Å². The zero-order valence-electron chi connectivity index (χ0n) is 6.12. The van der Waals surface area contributed by atoms with E-state index in [1.807, 2.05) is 4.81 Å². The van der Waals surface area contributed by atoms with E-state index in [0.717, 1.165) is 19.4 Å². The topological polar surface area (TPSA) is 47.3 Å².